The molecule has 0 spiro atoms. The van der Waals surface area contributed by atoms with Crippen molar-refractivity contribution in [3.8, 4) is 0 Å². The number of thiazole rings is 1. The van der Waals surface area contributed by atoms with Crippen molar-refractivity contribution in [3.05, 3.63) is 34.3 Å². The van der Waals surface area contributed by atoms with E-state index in [0.717, 1.165) is 29.8 Å². The Morgan fingerprint density at radius 1 is 1.38 bits per heavy atom. The van der Waals surface area contributed by atoms with Crippen LogP contribution in [-0.4, -0.2) is 34.1 Å². The van der Waals surface area contributed by atoms with Gasteiger partial charge in [0.05, 0.1) is 18.6 Å². The number of aliphatic imine (C=N–C) groups is 1. The van der Waals surface area contributed by atoms with Crippen LogP contribution in [-0.2, 0) is 13.1 Å². The van der Waals surface area contributed by atoms with Crippen LogP contribution in [0, 0.1) is 13.8 Å². The first kappa shape index (κ1) is 17.9. The topological polar surface area (TPSA) is 67.1 Å². The number of halogens is 1. The van der Waals surface area contributed by atoms with Crippen molar-refractivity contribution in [2.24, 2.45) is 4.99 Å². The van der Waals surface area contributed by atoms with E-state index in [-0.39, 0.29) is 24.0 Å². The molecule has 0 atom stereocenters. The van der Waals surface area contributed by atoms with Crippen molar-refractivity contribution in [1.29, 1.82) is 0 Å². The number of imidazole rings is 1. The van der Waals surface area contributed by atoms with Crippen LogP contribution in [0.15, 0.2) is 23.7 Å². The molecule has 0 bridgehead atoms. The molecule has 0 aliphatic rings. The Hall–Kier alpha value is -1.16. The molecule has 2 aromatic heterocycles. The smallest absolute Gasteiger partial charge is 0.191 e. The summed E-state index contributed by atoms with van der Waals surface area (Å²) < 4.78 is 2.02. The van der Waals surface area contributed by atoms with Crippen LogP contribution in [0.2, 0.25) is 0 Å². The predicted octanol–water partition coefficient (Wildman–Crippen LogP) is 1.94. The Morgan fingerprint density at radius 2 is 2.19 bits per heavy atom. The molecule has 2 rings (SSSR count). The largest absolute Gasteiger partial charge is 0.355 e. The summed E-state index contributed by atoms with van der Waals surface area (Å²) in [5.41, 5.74) is 1.11. The monoisotopic (exact) mass is 420 g/mol. The molecule has 116 valence electrons. The van der Waals surface area contributed by atoms with Crippen LogP contribution in [0.5, 0.6) is 0 Å². The summed E-state index contributed by atoms with van der Waals surface area (Å²) in [6.07, 6.45) is 5.53. The predicted molar refractivity (Wildman–Crippen MR) is 97.4 cm³/mol. The molecule has 2 aromatic rings. The van der Waals surface area contributed by atoms with Crippen LogP contribution in [0.1, 0.15) is 15.6 Å². The minimum Gasteiger partial charge on any atom is -0.355 e. The third-order valence-electron chi connectivity index (χ3n) is 2.93. The summed E-state index contributed by atoms with van der Waals surface area (Å²) in [6.45, 7) is 6.48. The lowest BCUT2D eigenvalue weighted by molar-refractivity contribution is 0.661. The molecule has 8 heteroatoms. The van der Waals surface area contributed by atoms with Gasteiger partial charge in [-0.05, 0) is 13.8 Å². The average molecular weight is 420 g/mol. The van der Waals surface area contributed by atoms with Gasteiger partial charge in [0.2, 0.25) is 0 Å². The van der Waals surface area contributed by atoms with Crippen molar-refractivity contribution in [3.63, 3.8) is 0 Å². The molecule has 0 radical (unpaired) electrons. The zero-order chi connectivity index (χ0) is 14.4. The molecule has 0 aliphatic carbocycles. The van der Waals surface area contributed by atoms with Gasteiger partial charge in [-0.15, -0.1) is 35.3 Å². The van der Waals surface area contributed by atoms with E-state index in [1.807, 2.05) is 17.7 Å². The minimum absolute atomic E-state index is 0. The van der Waals surface area contributed by atoms with Crippen molar-refractivity contribution >= 4 is 41.3 Å². The lowest BCUT2D eigenvalue weighted by Gasteiger charge is -2.11. The fraction of sp³-hybridized carbons (Fsp3) is 0.462. The zero-order valence-electron chi connectivity index (χ0n) is 12.5. The van der Waals surface area contributed by atoms with Crippen LogP contribution >= 0.6 is 35.3 Å². The number of hydrogen-bond donors (Lipinski definition) is 2. The summed E-state index contributed by atoms with van der Waals surface area (Å²) in [5.74, 6) is 0.788. The Balaban J connectivity index is 0.00000220. The molecule has 0 saturated heterocycles. The Morgan fingerprint density at radius 3 is 2.76 bits per heavy atom. The highest BCUT2D eigenvalue weighted by Crippen LogP contribution is 2.15. The molecular weight excluding hydrogens is 399 g/mol. The van der Waals surface area contributed by atoms with Crippen molar-refractivity contribution in [2.75, 3.05) is 13.6 Å². The number of hydrogen-bond acceptors (Lipinski definition) is 4. The third-order valence-corrected chi connectivity index (χ3v) is 4.00. The van der Waals surface area contributed by atoms with Crippen LogP contribution in [0.3, 0.4) is 0 Å². The van der Waals surface area contributed by atoms with Gasteiger partial charge in [0.15, 0.2) is 5.96 Å². The van der Waals surface area contributed by atoms with Gasteiger partial charge in [-0.3, -0.25) is 4.99 Å². The molecule has 0 unspecified atom stereocenters. The summed E-state index contributed by atoms with van der Waals surface area (Å²) in [6, 6.07) is 0. The number of aryl methyl sites for hydroxylation is 2. The van der Waals surface area contributed by atoms with Gasteiger partial charge >= 0.3 is 0 Å². The second-order valence-corrected chi connectivity index (χ2v) is 5.69. The van der Waals surface area contributed by atoms with Crippen molar-refractivity contribution in [1.82, 2.24) is 25.2 Å². The summed E-state index contributed by atoms with van der Waals surface area (Å²) >= 11 is 1.72. The molecule has 0 saturated carbocycles. The van der Waals surface area contributed by atoms with Gasteiger partial charge < -0.3 is 15.2 Å². The van der Waals surface area contributed by atoms with Gasteiger partial charge in [0.1, 0.15) is 5.01 Å². The molecule has 2 heterocycles. The van der Waals surface area contributed by atoms with E-state index in [4.69, 9.17) is 0 Å². The highest BCUT2D eigenvalue weighted by Gasteiger charge is 2.04. The van der Waals surface area contributed by atoms with Gasteiger partial charge in [0.25, 0.3) is 0 Å². The second-order valence-electron chi connectivity index (χ2n) is 4.40. The molecule has 21 heavy (non-hydrogen) atoms. The highest BCUT2D eigenvalue weighted by molar-refractivity contribution is 14.0. The molecule has 0 aromatic carbocycles. The Labute approximate surface area is 146 Å². The second kappa shape index (κ2) is 8.98. The average Bonchev–Trinajstić information content (AvgIpc) is 3.05. The molecule has 2 N–H and O–H groups in total. The van der Waals surface area contributed by atoms with Crippen molar-refractivity contribution in [2.45, 2.75) is 26.9 Å². The fourth-order valence-electron chi connectivity index (χ4n) is 1.72. The molecule has 6 nitrogen and oxygen atoms in total. The molecule has 0 aliphatic heterocycles. The first-order valence-electron chi connectivity index (χ1n) is 6.52. The van der Waals surface area contributed by atoms with Crippen molar-refractivity contribution < 1.29 is 0 Å². The van der Waals surface area contributed by atoms with E-state index in [9.17, 15) is 0 Å². The van der Waals surface area contributed by atoms with Gasteiger partial charge in [-0.2, -0.15) is 0 Å². The third kappa shape index (κ3) is 5.62. The molecule has 0 fully saturated rings. The standard InChI is InChI=1S/C13H20N6S.HI/c1-10-11(2)20-12(18-10)8-17-13(14-3)16-5-7-19-6-4-15-9-19;/h4,6,9H,5,7-8H2,1-3H3,(H2,14,16,17);1H. The van der Waals surface area contributed by atoms with E-state index in [1.165, 1.54) is 4.88 Å². The number of rotatable bonds is 5. The summed E-state index contributed by atoms with van der Waals surface area (Å²) in [5, 5.41) is 7.62. The van der Waals surface area contributed by atoms with Gasteiger partial charge in [-0.25, -0.2) is 9.97 Å². The maximum atomic E-state index is 4.50. The number of guanidine groups is 1. The molecule has 0 amide bonds. The van der Waals surface area contributed by atoms with Crippen LogP contribution in [0.25, 0.3) is 0 Å². The van der Waals surface area contributed by atoms with E-state index in [1.54, 1.807) is 30.9 Å². The number of nitrogens with zero attached hydrogens (tertiary/aromatic N) is 4. The first-order valence-corrected chi connectivity index (χ1v) is 7.34. The highest BCUT2D eigenvalue weighted by atomic mass is 127. The molecular formula is C13H21IN6S. The fourth-order valence-corrected chi connectivity index (χ4v) is 2.59. The van der Waals surface area contributed by atoms with Crippen LogP contribution in [0.4, 0.5) is 0 Å². The van der Waals surface area contributed by atoms with E-state index in [0.29, 0.717) is 6.54 Å². The lowest BCUT2D eigenvalue weighted by atomic mass is 10.4. The van der Waals surface area contributed by atoms with Gasteiger partial charge in [-0.1, -0.05) is 0 Å². The Bertz CT molecular complexity index is 544. The lowest BCUT2D eigenvalue weighted by Crippen LogP contribution is -2.38. The maximum Gasteiger partial charge on any atom is 0.191 e. The van der Waals surface area contributed by atoms with E-state index < -0.39 is 0 Å². The van der Waals surface area contributed by atoms with Crippen LogP contribution < -0.4 is 10.6 Å². The quantitative estimate of drug-likeness (QED) is 0.441. The van der Waals surface area contributed by atoms with E-state index >= 15 is 0 Å². The first-order chi connectivity index (χ1) is 9.69. The van der Waals surface area contributed by atoms with E-state index in [2.05, 4.69) is 32.5 Å². The number of aromatic nitrogens is 3. The zero-order valence-corrected chi connectivity index (χ0v) is 15.6. The SMILES string of the molecule is CN=C(NCCn1ccnc1)NCc1nc(C)c(C)s1.I. The Kier molecular flexibility index (Phi) is 7.65. The number of nitrogens with one attached hydrogen (secondary N) is 2. The summed E-state index contributed by atoms with van der Waals surface area (Å²) in [4.78, 5) is 14.0. The minimum atomic E-state index is 0. The summed E-state index contributed by atoms with van der Waals surface area (Å²) in [7, 11) is 1.77. The maximum absolute atomic E-state index is 4.50. The van der Waals surface area contributed by atoms with Gasteiger partial charge in [0, 0.05) is 37.4 Å². The normalized spacial score (nSPS) is 11.1.